The molecule has 1 amide bonds. The number of carbonyl (C=O) groups is 1. The Hall–Kier alpha value is -2.36. The van der Waals surface area contributed by atoms with Gasteiger partial charge in [-0.25, -0.2) is 0 Å². The Bertz CT molecular complexity index is 593. The number of hydrogen-bond donors (Lipinski definition) is 2. The Morgan fingerprint density at radius 3 is 2.78 bits per heavy atom. The van der Waals surface area contributed by atoms with Crippen LogP contribution in [0, 0.1) is 13.8 Å². The molecule has 1 heterocycles. The van der Waals surface area contributed by atoms with Crippen LogP contribution >= 0.6 is 0 Å². The van der Waals surface area contributed by atoms with E-state index in [9.17, 15) is 4.79 Å². The van der Waals surface area contributed by atoms with E-state index >= 15 is 0 Å². The number of hydrogen-bond acceptors (Lipinski definition) is 3. The lowest BCUT2D eigenvalue weighted by Gasteiger charge is -2.10. The van der Waals surface area contributed by atoms with Crippen LogP contribution in [0.2, 0.25) is 0 Å². The van der Waals surface area contributed by atoms with Crippen LogP contribution in [0.5, 0.6) is 0 Å². The van der Waals surface area contributed by atoms with Crippen molar-refractivity contribution >= 4 is 17.3 Å². The molecule has 0 aliphatic carbocycles. The fourth-order valence-corrected chi connectivity index (χ4v) is 1.68. The Morgan fingerprint density at radius 2 is 2.06 bits per heavy atom. The molecule has 4 heteroatoms. The zero-order valence-electron chi connectivity index (χ0n) is 10.4. The number of nitrogens with two attached hydrogens (primary N) is 1. The predicted octanol–water partition coefficient (Wildman–Crippen LogP) is 2.53. The average molecular weight is 241 g/mol. The van der Waals surface area contributed by atoms with Gasteiger partial charge in [0.05, 0.1) is 11.9 Å². The fourth-order valence-electron chi connectivity index (χ4n) is 1.68. The van der Waals surface area contributed by atoms with Crippen LogP contribution in [0.1, 0.15) is 21.5 Å². The summed E-state index contributed by atoms with van der Waals surface area (Å²) >= 11 is 0. The molecule has 0 fully saturated rings. The summed E-state index contributed by atoms with van der Waals surface area (Å²) in [5.74, 6) is -0.170. The number of anilines is 2. The molecule has 0 saturated carbocycles. The minimum atomic E-state index is -0.170. The summed E-state index contributed by atoms with van der Waals surface area (Å²) in [4.78, 5) is 16.1. The Balaban J connectivity index is 2.28. The van der Waals surface area contributed by atoms with Crippen LogP contribution in [0.3, 0.4) is 0 Å². The van der Waals surface area contributed by atoms with E-state index in [2.05, 4.69) is 10.3 Å². The number of nitrogen functional groups attached to an aromatic ring is 1. The minimum absolute atomic E-state index is 0.170. The summed E-state index contributed by atoms with van der Waals surface area (Å²) in [6.45, 7) is 3.75. The van der Waals surface area contributed by atoms with Crippen molar-refractivity contribution in [1.82, 2.24) is 4.98 Å². The fraction of sp³-hybridized carbons (Fsp3) is 0.143. The first-order valence-electron chi connectivity index (χ1n) is 5.66. The highest BCUT2D eigenvalue weighted by Crippen LogP contribution is 2.18. The van der Waals surface area contributed by atoms with Crippen LogP contribution in [0.4, 0.5) is 11.4 Å². The first-order valence-corrected chi connectivity index (χ1v) is 5.66. The van der Waals surface area contributed by atoms with Crippen molar-refractivity contribution in [3.8, 4) is 0 Å². The monoisotopic (exact) mass is 241 g/mol. The van der Waals surface area contributed by atoms with Gasteiger partial charge in [-0.1, -0.05) is 6.07 Å². The number of benzene rings is 1. The molecule has 0 unspecified atom stereocenters. The maximum atomic E-state index is 12.1. The van der Waals surface area contributed by atoms with Crippen molar-refractivity contribution in [2.45, 2.75) is 13.8 Å². The molecule has 4 nitrogen and oxygen atoms in total. The van der Waals surface area contributed by atoms with Crippen molar-refractivity contribution < 1.29 is 4.79 Å². The summed E-state index contributed by atoms with van der Waals surface area (Å²) in [6.07, 6.45) is 3.33. The second-order valence-corrected chi connectivity index (χ2v) is 4.16. The van der Waals surface area contributed by atoms with E-state index in [0.29, 0.717) is 16.9 Å². The lowest BCUT2D eigenvalue weighted by molar-refractivity contribution is 0.102. The molecule has 92 valence electrons. The third-order valence-electron chi connectivity index (χ3n) is 2.91. The number of rotatable bonds is 2. The molecular weight excluding hydrogens is 226 g/mol. The van der Waals surface area contributed by atoms with Crippen LogP contribution in [-0.2, 0) is 0 Å². The molecule has 0 saturated heterocycles. The van der Waals surface area contributed by atoms with Crippen molar-refractivity contribution in [2.75, 3.05) is 11.1 Å². The average Bonchev–Trinajstić information content (AvgIpc) is 2.35. The lowest BCUT2D eigenvalue weighted by atomic mass is 10.1. The summed E-state index contributed by atoms with van der Waals surface area (Å²) < 4.78 is 0. The summed E-state index contributed by atoms with van der Waals surface area (Å²) in [6, 6.07) is 7.16. The van der Waals surface area contributed by atoms with Gasteiger partial charge in [0.15, 0.2) is 0 Å². The molecule has 0 bridgehead atoms. The smallest absolute Gasteiger partial charge is 0.256 e. The largest absolute Gasteiger partial charge is 0.398 e. The number of aryl methyl sites for hydroxylation is 1. The van der Waals surface area contributed by atoms with E-state index in [1.807, 2.05) is 19.9 Å². The van der Waals surface area contributed by atoms with Crippen molar-refractivity contribution in [2.24, 2.45) is 0 Å². The minimum Gasteiger partial charge on any atom is -0.398 e. The quantitative estimate of drug-likeness (QED) is 0.794. The summed E-state index contributed by atoms with van der Waals surface area (Å²) in [7, 11) is 0. The Kier molecular flexibility index (Phi) is 3.28. The molecule has 1 aromatic heterocycles. The van der Waals surface area contributed by atoms with E-state index < -0.39 is 0 Å². The number of nitrogens with zero attached hydrogens (tertiary/aromatic N) is 1. The molecule has 0 radical (unpaired) electrons. The molecule has 0 aliphatic rings. The maximum Gasteiger partial charge on any atom is 0.256 e. The Morgan fingerprint density at radius 1 is 1.28 bits per heavy atom. The van der Waals surface area contributed by atoms with Gasteiger partial charge in [0.2, 0.25) is 0 Å². The summed E-state index contributed by atoms with van der Waals surface area (Å²) in [5, 5.41) is 2.84. The van der Waals surface area contributed by atoms with Gasteiger partial charge in [-0.15, -0.1) is 0 Å². The van der Waals surface area contributed by atoms with Crippen molar-refractivity contribution in [1.29, 1.82) is 0 Å². The van der Waals surface area contributed by atoms with Crippen LogP contribution < -0.4 is 11.1 Å². The molecule has 18 heavy (non-hydrogen) atoms. The van der Waals surface area contributed by atoms with Gasteiger partial charge in [-0.2, -0.15) is 0 Å². The lowest BCUT2D eigenvalue weighted by Crippen LogP contribution is -2.15. The molecule has 2 rings (SSSR count). The van der Waals surface area contributed by atoms with Gasteiger partial charge in [-0.3, -0.25) is 9.78 Å². The molecule has 0 aliphatic heterocycles. The number of carbonyl (C=O) groups excluding carboxylic acids is 1. The van der Waals surface area contributed by atoms with Crippen LogP contribution in [-0.4, -0.2) is 10.9 Å². The SMILES string of the molecule is Cc1ccncc1NC(=O)c1cccc(N)c1C. The Labute approximate surface area is 106 Å². The van der Waals surface area contributed by atoms with Crippen molar-refractivity contribution in [3.05, 3.63) is 53.3 Å². The van der Waals surface area contributed by atoms with E-state index in [4.69, 9.17) is 5.73 Å². The summed E-state index contributed by atoms with van der Waals surface area (Å²) in [5.41, 5.74) is 9.46. The normalized spacial score (nSPS) is 10.1. The maximum absolute atomic E-state index is 12.1. The predicted molar refractivity (Wildman–Crippen MR) is 72.5 cm³/mol. The third kappa shape index (κ3) is 2.32. The first-order chi connectivity index (χ1) is 8.59. The molecule has 0 atom stereocenters. The third-order valence-corrected chi connectivity index (χ3v) is 2.91. The first kappa shape index (κ1) is 12.1. The molecular formula is C14H15N3O. The standard InChI is InChI=1S/C14H15N3O/c1-9-6-7-16-8-13(9)17-14(18)11-4-3-5-12(15)10(11)2/h3-8H,15H2,1-2H3,(H,17,18). The highest BCUT2D eigenvalue weighted by molar-refractivity contribution is 6.06. The van der Waals surface area contributed by atoms with Gasteiger partial charge in [0, 0.05) is 17.4 Å². The van der Waals surface area contributed by atoms with Gasteiger partial charge in [0.25, 0.3) is 5.91 Å². The van der Waals surface area contributed by atoms with E-state index in [1.165, 1.54) is 0 Å². The van der Waals surface area contributed by atoms with Crippen LogP contribution in [0.15, 0.2) is 36.7 Å². The van der Waals surface area contributed by atoms with Gasteiger partial charge < -0.3 is 11.1 Å². The zero-order chi connectivity index (χ0) is 13.1. The molecule has 2 aromatic rings. The molecule has 1 aromatic carbocycles. The van der Waals surface area contributed by atoms with E-state index in [1.54, 1.807) is 30.6 Å². The number of pyridine rings is 1. The second-order valence-electron chi connectivity index (χ2n) is 4.16. The number of aromatic nitrogens is 1. The van der Waals surface area contributed by atoms with E-state index in [0.717, 1.165) is 11.1 Å². The highest BCUT2D eigenvalue weighted by atomic mass is 16.1. The molecule has 0 spiro atoms. The molecule has 3 N–H and O–H groups in total. The zero-order valence-corrected chi connectivity index (χ0v) is 10.4. The number of nitrogens with one attached hydrogen (secondary N) is 1. The van der Waals surface area contributed by atoms with Gasteiger partial charge >= 0.3 is 0 Å². The second kappa shape index (κ2) is 4.87. The van der Waals surface area contributed by atoms with Gasteiger partial charge in [-0.05, 0) is 43.2 Å². The van der Waals surface area contributed by atoms with Crippen molar-refractivity contribution in [3.63, 3.8) is 0 Å². The van der Waals surface area contributed by atoms with E-state index in [-0.39, 0.29) is 5.91 Å². The van der Waals surface area contributed by atoms with Gasteiger partial charge in [0.1, 0.15) is 0 Å². The van der Waals surface area contributed by atoms with Crippen LogP contribution in [0.25, 0.3) is 0 Å². The topological polar surface area (TPSA) is 68.0 Å². The highest BCUT2D eigenvalue weighted by Gasteiger charge is 2.11. The number of amides is 1.